The van der Waals surface area contributed by atoms with E-state index in [1.165, 1.54) is 0 Å². The molecule has 0 unspecified atom stereocenters. The molecule has 0 heterocycles. The zero-order valence-corrected chi connectivity index (χ0v) is 13.1. The second-order valence-corrected chi connectivity index (χ2v) is 4.88. The molecule has 0 aliphatic heterocycles. The lowest BCUT2D eigenvalue weighted by Crippen LogP contribution is -2.27. The van der Waals surface area contributed by atoms with Gasteiger partial charge in [0.2, 0.25) is 0 Å². The molecule has 0 fully saturated rings. The van der Waals surface area contributed by atoms with Gasteiger partial charge >= 0.3 is 5.97 Å². The fourth-order valence-electron chi connectivity index (χ4n) is 2.18. The fraction of sp³-hybridized carbons (Fsp3) is 0.562. The number of carboxylic acid groups (broad SMARTS) is 1. The van der Waals surface area contributed by atoms with Crippen molar-refractivity contribution in [1.29, 1.82) is 0 Å². The molecule has 0 amide bonds. The van der Waals surface area contributed by atoms with Crippen LogP contribution in [0.3, 0.4) is 0 Å². The summed E-state index contributed by atoms with van der Waals surface area (Å²) < 4.78 is 10.7. The van der Waals surface area contributed by atoms with Gasteiger partial charge < -0.3 is 19.5 Å². The molecule has 0 saturated carbocycles. The Balaban J connectivity index is 2.95. The van der Waals surface area contributed by atoms with E-state index in [9.17, 15) is 4.79 Å². The Hall–Kier alpha value is -1.91. The Morgan fingerprint density at radius 2 is 1.95 bits per heavy atom. The number of unbranched alkanes of at least 4 members (excludes halogenated alkanes) is 2. The number of benzene rings is 1. The highest BCUT2D eigenvalue weighted by atomic mass is 16.5. The topological polar surface area (TPSA) is 59.0 Å². The lowest BCUT2D eigenvalue weighted by molar-refractivity contribution is -0.136. The summed E-state index contributed by atoms with van der Waals surface area (Å²) in [4.78, 5) is 12.9. The van der Waals surface area contributed by atoms with Crippen molar-refractivity contribution in [1.82, 2.24) is 0 Å². The number of carbonyl (C=O) groups is 1. The van der Waals surface area contributed by atoms with Gasteiger partial charge in [-0.1, -0.05) is 19.8 Å². The number of methoxy groups -OCH3 is 2. The number of anilines is 1. The highest BCUT2D eigenvalue weighted by Gasteiger charge is 2.14. The maximum Gasteiger partial charge on any atom is 0.305 e. The van der Waals surface area contributed by atoms with E-state index in [4.69, 9.17) is 14.6 Å². The van der Waals surface area contributed by atoms with E-state index in [0.29, 0.717) is 6.54 Å². The molecule has 0 aromatic heterocycles. The average molecular weight is 295 g/mol. The molecular weight excluding hydrogens is 270 g/mol. The number of rotatable bonds is 10. The molecule has 1 rings (SSSR count). The third kappa shape index (κ3) is 5.53. The molecule has 0 atom stereocenters. The Bertz CT molecular complexity index is 448. The fourth-order valence-corrected chi connectivity index (χ4v) is 2.18. The largest absolute Gasteiger partial charge is 0.497 e. The van der Waals surface area contributed by atoms with Crippen molar-refractivity contribution in [3.05, 3.63) is 18.2 Å². The summed E-state index contributed by atoms with van der Waals surface area (Å²) in [7, 11) is 3.23. The summed E-state index contributed by atoms with van der Waals surface area (Å²) >= 11 is 0. The molecule has 0 spiro atoms. The van der Waals surface area contributed by atoms with Gasteiger partial charge in [-0.25, -0.2) is 0 Å². The van der Waals surface area contributed by atoms with Crippen LogP contribution in [0, 0.1) is 0 Å². The van der Waals surface area contributed by atoms with Crippen LogP contribution in [0.4, 0.5) is 5.69 Å². The zero-order valence-electron chi connectivity index (χ0n) is 13.1. The third-order valence-corrected chi connectivity index (χ3v) is 3.35. The van der Waals surface area contributed by atoms with Crippen LogP contribution in [0.1, 0.15) is 32.6 Å². The quantitative estimate of drug-likeness (QED) is 0.672. The molecule has 5 nitrogen and oxygen atoms in total. The summed E-state index contributed by atoms with van der Waals surface area (Å²) in [5, 5.41) is 8.93. The molecule has 0 aliphatic carbocycles. The van der Waals surface area contributed by atoms with E-state index < -0.39 is 5.97 Å². The van der Waals surface area contributed by atoms with Crippen LogP contribution in [-0.2, 0) is 4.79 Å². The molecule has 0 aliphatic rings. The highest BCUT2D eigenvalue weighted by molar-refractivity contribution is 5.68. The number of hydrogen-bond donors (Lipinski definition) is 1. The van der Waals surface area contributed by atoms with Crippen molar-refractivity contribution in [3.8, 4) is 11.5 Å². The minimum Gasteiger partial charge on any atom is -0.497 e. The lowest BCUT2D eigenvalue weighted by Gasteiger charge is -2.26. The number of hydrogen-bond acceptors (Lipinski definition) is 4. The van der Waals surface area contributed by atoms with E-state index in [2.05, 4.69) is 11.8 Å². The molecule has 0 bridgehead atoms. The van der Waals surface area contributed by atoms with Gasteiger partial charge in [-0.05, 0) is 18.6 Å². The van der Waals surface area contributed by atoms with E-state index in [-0.39, 0.29) is 6.42 Å². The molecule has 5 heteroatoms. The Morgan fingerprint density at radius 3 is 2.52 bits per heavy atom. The minimum atomic E-state index is -0.794. The number of carboxylic acids is 1. The molecule has 1 aromatic carbocycles. The minimum absolute atomic E-state index is 0.104. The molecule has 0 saturated heterocycles. The average Bonchev–Trinajstić information content (AvgIpc) is 2.49. The second-order valence-electron chi connectivity index (χ2n) is 4.88. The van der Waals surface area contributed by atoms with Crippen molar-refractivity contribution < 1.29 is 19.4 Å². The highest BCUT2D eigenvalue weighted by Crippen LogP contribution is 2.32. The van der Waals surface area contributed by atoms with Crippen molar-refractivity contribution >= 4 is 11.7 Å². The van der Waals surface area contributed by atoms with Crippen LogP contribution in [-0.4, -0.2) is 38.4 Å². The van der Waals surface area contributed by atoms with Crippen LogP contribution in [0.15, 0.2) is 18.2 Å². The summed E-state index contributed by atoms with van der Waals surface area (Å²) in [6.45, 7) is 3.42. The predicted octanol–water partition coefficient (Wildman–Crippen LogP) is 3.18. The van der Waals surface area contributed by atoms with Gasteiger partial charge in [-0.3, -0.25) is 4.79 Å². The first-order valence-corrected chi connectivity index (χ1v) is 7.31. The number of aliphatic carboxylic acids is 1. The summed E-state index contributed by atoms with van der Waals surface area (Å²) in [5.74, 6) is 0.677. The standard InChI is InChI=1S/C16H25NO4/c1-4-5-6-10-17(11-9-16(18)19)14-12-13(20-2)7-8-15(14)21-3/h7-8,12H,4-6,9-11H2,1-3H3,(H,18,19). The van der Waals surface area contributed by atoms with Gasteiger partial charge in [0.15, 0.2) is 0 Å². The van der Waals surface area contributed by atoms with Crippen LogP contribution in [0.25, 0.3) is 0 Å². The van der Waals surface area contributed by atoms with Crippen molar-refractivity contribution in [2.75, 3.05) is 32.2 Å². The summed E-state index contributed by atoms with van der Waals surface area (Å²) in [6, 6.07) is 5.58. The monoisotopic (exact) mass is 295 g/mol. The van der Waals surface area contributed by atoms with Gasteiger partial charge in [-0.2, -0.15) is 0 Å². The van der Waals surface area contributed by atoms with Gasteiger partial charge in [0.05, 0.1) is 26.3 Å². The molecule has 0 radical (unpaired) electrons. The van der Waals surface area contributed by atoms with Gasteiger partial charge in [0, 0.05) is 19.2 Å². The van der Waals surface area contributed by atoms with Gasteiger partial charge in [0.1, 0.15) is 11.5 Å². The number of ether oxygens (including phenoxy) is 2. The SMILES string of the molecule is CCCCCN(CCC(=O)O)c1cc(OC)ccc1OC. The molecule has 118 valence electrons. The van der Waals surface area contributed by atoms with Crippen LogP contribution in [0.5, 0.6) is 11.5 Å². The molecule has 1 aromatic rings. The smallest absolute Gasteiger partial charge is 0.305 e. The van der Waals surface area contributed by atoms with Gasteiger partial charge in [-0.15, -0.1) is 0 Å². The molecule has 21 heavy (non-hydrogen) atoms. The third-order valence-electron chi connectivity index (χ3n) is 3.35. The molecule has 1 N–H and O–H groups in total. The lowest BCUT2D eigenvalue weighted by atomic mass is 10.2. The van der Waals surface area contributed by atoms with Crippen molar-refractivity contribution in [3.63, 3.8) is 0 Å². The van der Waals surface area contributed by atoms with Crippen LogP contribution in [0.2, 0.25) is 0 Å². The predicted molar refractivity (Wildman–Crippen MR) is 83.5 cm³/mol. The van der Waals surface area contributed by atoms with Crippen molar-refractivity contribution in [2.24, 2.45) is 0 Å². The van der Waals surface area contributed by atoms with Gasteiger partial charge in [0.25, 0.3) is 0 Å². The Morgan fingerprint density at radius 1 is 1.19 bits per heavy atom. The number of nitrogens with zero attached hydrogens (tertiary/aromatic N) is 1. The first-order chi connectivity index (χ1) is 10.1. The summed E-state index contributed by atoms with van der Waals surface area (Å²) in [6.07, 6.45) is 3.38. The maximum absolute atomic E-state index is 10.9. The Labute approximate surface area is 126 Å². The van der Waals surface area contributed by atoms with E-state index in [1.54, 1.807) is 14.2 Å². The van der Waals surface area contributed by atoms with E-state index in [0.717, 1.165) is 43.0 Å². The molecular formula is C16H25NO4. The second kappa shape index (κ2) is 9.10. The van der Waals surface area contributed by atoms with E-state index in [1.807, 2.05) is 18.2 Å². The normalized spacial score (nSPS) is 10.2. The summed E-state index contributed by atoms with van der Waals surface area (Å²) in [5.41, 5.74) is 0.884. The van der Waals surface area contributed by atoms with Crippen molar-refractivity contribution in [2.45, 2.75) is 32.6 Å². The van der Waals surface area contributed by atoms with Crippen LogP contribution >= 0.6 is 0 Å². The van der Waals surface area contributed by atoms with Crippen LogP contribution < -0.4 is 14.4 Å². The maximum atomic E-state index is 10.9. The van der Waals surface area contributed by atoms with E-state index >= 15 is 0 Å². The Kier molecular flexibility index (Phi) is 7.43. The first kappa shape index (κ1) is 17.1. The zero-order chi connectivity index (χ0) is 15.7. The first-order valence-electron chi connectivity index (χ1n) is 7.31.